The van der Waals surface area contributed by atoms with Crippen molar-refractivity contribution < 1.29 is 9.53 Å². The van der Waals surface area contributed by atoms with Gasteiger partial charge in [-0.1, -0.05) is 37.8 Å². The molecule has 1 aliphatic rings. The minimum Gasteiger partial charge on any atom is -0.376 e. The van der Waals surface area contributed by atoms with Gasteiger partial charge < -0.3 is 20.7 Å². The summed E-state index contributed by atoms with van der Waals surface area (Å²) in [5, 5.41) is 9.39. The van der Waals surface area contributed by atoms with Crippen LogP contribution in [0.3, 0.4) is 0 Å². The maximum Gasteiger partial charge on any atom is 0.251 e. The quantitative estimate of drug-likeness (QED) is 0.283. The van der Waals surface area contributed by atoms with E-state index in [9.17, 15) is 4.79 Å². The first kappa shape index (κ1) is 21.2. The van der Waals surface area contributed by atoms with Crippen LogP contribution in [-0.4, -0.2) is 44.7 Å². The monoisotopic (exact) mass is 374 g/mol. The summed E-state index contributed by atoms with van der Waals surface area (Å²) in [6.07, 6.45) is 8.06. The van der Waals surface area contributed by atoms with E-state index in [0.29, 0.717) is 31.4 Å². The highest BCUT2D eigenvalue weighted by molar-refractivity contribution is 5.94. The highest BCUT2D eigenvalue weighted by Gasteiger charge is 2.12. The van der Waals surface area contributed by atoms with Crippen LogP contribution in [-0.2, 0) is 11.3 Å². The van der Waals surface area contributed by atoms with Gasteiger partial charge in [0.2, 0.25) is 0 Å². The molecule has 1 aromatic rings. The van der Waals surface area contributed by atoms with Crippen molar-refractivity contribution in [3.8, 4) is 0 Å². The number of benzene rings is 1. The first-order valence-electron chi connectivity index (χ1n) is 10.2. The topological polar surface area (TPSA) is 74.8 Å². The number of carbonyl (C=O) groups excluding carboxylic acids is 1. The second kappa shape index (κ2) is 12.3. The lowest BCUT2D eigenvalue weighted by molar-refractivity contribution is 0.0468. The number of nitrogens with zero attached hydrogens (tertiary/aromatic N) is 1. The summed E-state index contributed by atoms with van der Waals surface area (Å²) in [4.78, 5) is 16.2. The normalized spacial score (nSPS) is 15.9. The number of guanidine groups is 1. The number of amides is 1. The van der Waals surface area contributed by atoms with Crippen molar-refractivity contribution in [3.63, 3.8) is 0 Å². The molecule has 0 saturated heterocycles. The first-order chi connectivity index (χ1) is 13.2. The molecule has 2 rings (SSSR count). The van der Waals surface area contributed by atoms with E-state index in [2.05, 4.69) is 20.9 Å². The van der Waals surface area contributed by atoms with Gasteiger partial charge in [-0.25, -0.2) is 0 Å². The van der Waals surface area contributed by atoms with Crippen LogP contribution < -0.4 is 16.0 Å². The largest absolute Gasteiger partial charge is 0.376 e. The van der Waals surface area contributed by atoms with Crippen molar-refractivity contribution in [2.75, 3.05) is 26.7 Å². The number of nitrogens with one attached hydrogen (secondary N) is 3. The van der Waals surface area contributed by atoms with Crippen molar-refractivity contribution in [2.24, 2.45) is 4.99 Å². The van der Waals surface area contributed by atoms with E-state index in [1.807, 2.05) is 31.2 Å². The van der Waals surface area contributed by atoms with Crippen LogP contribution in [0.1, 0.15) is 61.4 Å². The zero-order chi connectivity index (χ0) is 19.3. The molecule has 1 aromatic carbocycles. The Hall–Kier alpha value is -2.08. The van der Waals surface area contributed by atoms with Gasteiger partial charge in [0.05, 0.1) is 12.7 Å². The fourth-order valence-electron chi connectivity index (χ4n) is 3.30. The van der Waals surface area contributed by atoms with E-state index in [1.165, 1.54) is 38.5 Å². The summed E-state index contributed by atoms with van der Waals surface area (Å²) in [6.45, 7) is 4.57. The Morgan fingerprint density at radius 2 is 1.93 bits per heavy atom. The van der Waals surface area contributed by atoms with Crippen molar-refractivity contribution in [2.45, 2.75) is 58.1 Å². The van der Waals surface area contributed by atoms with E-state index >= 15 is 0 Å². The number of ether oxygens (including phenoxy) is 1. The third-order valence-electron chi connectivity index (χ3n) is 4.76. The minimum absolute atomic E-state index is 0.0440. The van der Waals surface area contributed by atoms with Crippen molar-refractivity contribution >= 4 is 11.9 Å². The molecule has 0 radical (unpaired) electrons. The van der Waals surface area contributed by atoms with Gasteiger partial charge in [-0.3, -0.25) is 9.79 Å². The third-order valence-corrected chi connectivity index (χ3v) is 4.76. The number of hydrogen-bond donors (Lipinski definition) is 3. The van der Waals surface area contributed by atoms with Gasteiger partial charge in [0.1, 0.15) is 0 Å². The Kier molecular flexibility index (Phi) is 9.69. The molecule has 0 heterocycles. The average molecular weight is 375 g/mol. The Balaban J connectivity index is 1.70. The summed E-state index contributed by atoms with van der Waals surface area (Å²) in [6, 6.07) is 7.63. The molecule has 1 fully saturated rings. The van der Waals surface area contributed by atoms with Crippen molar-refractivity contribution in [1.82, 2.24) is 16.0 Å². The Morgan fingerprint density at radius 1 is 1.15 bits per heavy atom. The van der Waals surface area contributed by atoms with Gasteiger partial charge in [0.15, 0.2) is 5.96 Å². The molecule has 0 aliphatic heterocycles. The van der Waals surface area contributed by atoms with Crippen LogP contribution in [0.25, 0.3) is 0 Å². The minimum atomic E-state index is -0.0440. The standard InChI is InChI=1S/C21H34N4O2/c1-3-23-20(26)18-10-8-9-17(15-18)16-25-21(22-2)24-13-14-27-19-11-6-4-5-7-12-19/h8-10,15,19H,3-7,11-14,16H2,1-2H3,(H,23,26)(H2,22,24,25). The van der Waals surface area contributed by atoms with Gasteiger partial charge in [0.25, 0.3) is 5.91 Å². The molecule has 27 heavy (non-hydrogen) atoms. The highest BCUT2D eigenvalue weighted by atomic mass is 16.5. The van der Waals surface area contributed by atoms with Crippen molar-refractivity contribution in [3.05, 3.63) is 35.4 Å². The zero-order valence-corrected chi connectivity index (χ0v) is 16.7. The fraction of sp³-hybridized carbons (Fsp3) is 0.619. The molecule has 1 saturated carbocycles. The van der Waals surface area contributed by atoms with Crippen LogP contribution in [0, 0.1) is 0 Å². The number of aliphatic imine (C=N–C) groups is 1. The van der Waals surface area contributed by atoms with Gasteiger partial charge >= 0.3 is 0 Å². The van der Waals surface area contributed by atoms with E-state index in [1.54, 1.807) is 7.05 Å². The van der Waals surface area contributed by atoms with Crippen LogP contribution in [0.2, 0.25) is 0 Å². The molecule has 3 N–H and O–H groups in total. The molecule has 0 spiro atoms. The smallest absolute Gasteiger partial charge is 0.251 e. The molecular formula is C21H34N4O2. The number of rotatable bonds is 8. The van der Waals surface area contributed by atoms with Gasteiger partial charge in [-0.15, -0.1) is 0 Å². The lowest BCUT2D eigenvalue weighted by Gasteiger charge is -2.17. The van der Waals surface area contributed by atoms with Gasteiger partial charge in [-0.2, -0.15) is 0 Å². The number of hydrogen-bond acceptors (Lipinski definition) is 3. The third kappa shape index (κ3) is 7.99. The SMILES string of the molecule is CCNC(=O)c1cccc(CNC(=NC)NCCOC2CCCCCC2)c1. The fourth-order valence-corrected chi connectivity index (χ4v) is 3.30. The van der Waals surface area contributed by atoms with E-state index in [4.69, 9.17) is 4.74 Å². The summed E-state index contributed by atoms with van der Waals surface area (Å²) < 4.78 is 6.00. The maximum absolute atomic E-state index is 11.9. The zero-order valence-electron chi connectivity index (χ0n) is 16.7. The van der Waals surface area contributed by atoms with Crippen molar-refractivity contribution in [1.29, 1.82) is 0 Å². The second-order valence-corrected chi connectivity index (χ2v) is 6.90. The molecule has 1 aliphatic carbocycles. The maximum atomic E-state index is 11.9. The highest BCUT2D eigenvalue weighted by Crippen LogP contribution is 2.19. The molecular weight excluding hydrogens is 340 g/mol. The van der Waals surface area contributed by atoms with E-state index < -0.39 is 0 Å². The van der Waals surface area contributed by atoms with E-state index in [-0.39, 0.29) is 5.91 Å². The lowest BCUT2D eigenvalue weighted by atomic mass is 10.1. The molecule has 0 unspecified atom stereocenters. The second-order valence-electron chi connectivity index (χ2n) is 6.90. The van der Waals surface area contributed by atoms with Crippen LogP contribution >= 0.6 is 0 Å². The summed E-state index contributed by atoms with van der Waals surface area (Å²) in [5.74, 6) is 0.695. The molecule has 0 bridgehead atoms. The van der Waals surface area contributed by atoms with Crippen LogP contribution in [0.15, 0.2) is 29.3 Å². The Morgan fingerprint density at radius 3 is 2.63 bits per heavy atom. The average Bonchev–Trinajstić information content (AvgIpc) is 2.97. The molecule has 0 aromatic heterocycles. The predicted molar refractivity (Wildman–Crippen MR) is 110 cm³/mol. The molecule has 150 valence electrons. The lowest BCUT2D eigenvalue weighted by Crippen LogP contribution is -2.39. The Labute approximate surface area is 163 Å². The summed E-state index contributed by atoms with van der Waals surface area (Å²) >= 11 is 0. The first-order valence-corrected chi connectivity index (χ1v) is 10.2. The van der Waals surface area contributed by atoms with E-state index in [0.717, 1.165) is 18.1 Å². The summed E-state index contributed by atoms with van der Waals surface area (Å²) in [5.41, 5.74) is 1.72. The van der Waals surface area contributed by atoms with Crippen LogP contribution in [0.5, 0.6) is 0 Å². The predicted octanol–water partition coefficient (Wildman–Crippen LogP) is 2.84. The molecule has 0 atom stereocenters. The molecule has 6 heteroatoms. The number of carbonyl (C=O) groups is 1. The van der Waals surface area contributed by atoms with Crippen LogP contribution in [0.4, 0.5) is 0 Å². The van der Waals surface area contributed by atoms with Gasteiger partial charge in [0, 0.05) is 32.2 Å². The van der Waals surface area contributed by atoms with Gasteiger partial charge in [-0.05, 0) is 37.5 Å². The molecule has 6 nitrogen and oxygen atoms in total. The Bertz CT molecular complexity index is 596. The molecule has 1 amide bonds. The summed E-state index contributed by atoms with van der Waals surface area (Å²) in [7, 11) is 1.76.